The molecular formula is C20H22N2O3. The van der Waals surface area contributed by atoms with Gasteiger partial charge < -0.3 is 15.0 Å². The molecular weight excluding hydrogens is 316 g/mol. The number of ether oxygens (including phenoxy) is 1. The molecule has 0 aliphatic carbocycles. The second-order valence-electron chi connectivity index (χ2n) is 6.62. The fourth-order valence-corrected chi connectivity index (χ4v) is 3.23. The third-order valence-electron chi connectivity index (χ3n) is 4.27. The number of carbonyl (C=O) groups excluding carboxylic acids is 2. The number of esters is 1. The van der Waals surface area contributed by atoms with E-state index in [-0.39, 0.29) is 25.0 Å². The number of aryl methyl sites for hydroxylation is 4. The molecule has 0 spiro atoms. The fraction of sp³-hybridized carbons (Fsp3) is 0.300. The van der Waals surface area contributed by atoms with Crippen LogP contribution in [0.25, 0.3) is 0 Å². The molecule has 0 unspecified atom stereocenters. The van der Waals surface area contributed by atoms with E-state index in [0.29, 0.717) is 5.75 Å². The Morgan fingerprint density at radius 2 is 1.76 bits per heavy atom. The molecule has 1 aliphatic heterocycles. The Balaban J connectivity index is 1.80. The molecule has 3 rings (SSSR count). The van der Waals surface area contributed by atoms with E-state index in [9.17, 15) is 9.59 Å². The zero-order valence-electron chi connectivity index (χ0n) is 15.0. The maximum absolute atomic E-state index is 12.6. The Morgan fingerprint density at radius 1 is 1.08 bits per heavy atom. The van der Waals surface area contributed by atoms with E-state index in [0.717, 1.165) is 33.6 Å². The zero-order chi connectivity index (χ0) is 18.1. The summed E-state index contributed by atoms with van der Waals surface area (Å²) in [6, 6.07) is 9.66. The number of nitrogens with one attached hydrogen (secondary N) is 1. The monoisotopic (exact) mass is 338 g/mol. The van der Waals surface area contributed by atoms with Crippen LogP contribution in [-0.2, 0) is 9.59 Å². The minimum absolute atomic E-state index is 0.0652. The molecule has 1 aliphatic rings. The molecule has 2 aromatic carbocycles. The molecule has 0 bridgehead atoms. The van der Waals surface area contributed by atoms with Crippen LogP contribution in [0.3, 0.4) is 0 Å². The fourth-order valence-electron chi connectivity index (χ4n) is 3.23. The van der Waals surface area contributed by atoms with Crippen LogP contribution in [0.2, 0.25) is 0 Å². The van der Waals surface area contributed by atoms with Crippen molar-refractivity contribution in [2.24, 2.45) is 0 Å². The number of rotatable bonds is 3. The van der Waals surface area contributed by atoms with Gasteiger partial charge in [0.2, 0.25) is 5.91 Å². The van der Waals surface area contributed by atoms with Crippen molar-refractivity contribution in [3.05, 3.63) is 52.6 Å². The van der Waals surface area contributed by atoms with Crippen LogP contribution in [0.5, 0.6) is 5.75 Å². The first kappa shape index (κ1) is 17.0. The van der Waals surface area contributed by atoms with Gasteiger partial charge in [-0.2, -0.15) is 0 Å². The second kappa shape index (κ2) is 6.59. The van der Waals surface area contributed by atoms with E-state index in [4.69, 9.17) is 4.74 Å². The van der Waals surface area contributed by atoms with Crippen molar-refractivity contribution >= 4 is 23.3 Å². The van der Waals surface area contributed by atoms with Gasteiger partial charge in [0.1, 0.15) is 6.54 Å². The number of anilines is 2. The molecule has 25 heavy (non-hydrogen) atoms. The molecule has 1 heterocycles. The first-order valence-electron chi connectivity index (χ1n) is 8.27. The molecule has 0 atom stereocenters. The molecule has 0 aromatic heterocycles. The van der Waals surface area contributed by atoms with Gasteiger partial charge in [0.25, 0.3) is 0 Å². The molecule has 130 valence electrons. The van der Waals surface area contributed by atoms with Gasteiger partial charge in [0, 0.05) is 5.69 Å². The summed E-state index contributed by atoms with van der Waals surface area (Å²) in [5.74, 6) is -0.0126. The highest BCUT2D eigenvalue weighted by Gasteiger charge is 2.26. The van der Waals surface area contributed by atoms with Crippen LogP contribution in [0, 0.1) is 27.7 Å². The number of nitrogens with zero attached hydrogens (tertiary/aromatic N) is 1. The number of amides is 1. The van der Waals surface area contributed by atoms with Gasteiger partial charge in [0.15, 0.2) is 5.75 Å². The second-order valence-corrected chi connectivity index (χ2v) is 6.62. The predicted octanol–water partition coefficient (Wildman–Crippen LogP) is 3.28. The third kappa shape index (κ3) is 3.65. The van der Waals surface area contributed by atoms with Crippen molar-refractivity contribution in [2.45, 2.75) is 27.7 Å². The number of fused-ring (bicyclic) bond motifs is 1. The number of benzene rings is 2. The molecule has 0 saturated carbocycles. The summed E-state index contributed by atoms with van der Waals surface area (Å²) in [5, 5.41) is 2.98. The summed E-state index contributed by atoms with van der Waals surface area (Å²) in [4.78, 5) is 26.1. The molecule has 1 amide bonds. The van der Waals surface area contributed by atoms with Crippen LogP contribution in [0.1, 0.15) is 22.3 Å². The first-order valence-corrected chi connectivity index (χ1v) is 8.27. The van der Waals surface area contributed by atoms with E-state index in [2.05, 4.69) is 5.32 Å². The van der Waals surface area contributed by atoms with E-state index in [1.165, 1.54) is 0 Å². The summed E-state index contributed by atoms with van der Waals surface area (Å²) < 4.78 is 5.26. The van der Waals surface area contributed by atoms with E-state index in [1.54, 1.807) is 11.0 Å². The predicted molar refractivity (Wildman–Crippen MR) is 98.3 cm³/mol. The Bertz CT molecular complexity index is 835. The van der Waals surface area contributed by atoms with Crippen molar-refractivity contribution in [1.82, 2.24) is 0 Å². The van der Waals surface area contributed by atoms with Gasteiger partial charge in [-0.1, -0.05) is 23.8 Å². The van der Waals surface area contributed by atoms with Gasteiger partial charge in [0.05, 0.1) is 12.2 Å². The van der Waals surface area contributed by atoms with Crippen LogP contribution in [-0.4, -0.2) is 25.0 Å². The Hall–Kier alpha value is -2.82. The zero-order valence-corrected chi connectivity index (χ0v) is 15.0. The van der Waals surface area contributed by atoms with Crippen LogP contribution in [0.4, 0.5) is 11.4 Å². The van der Waals surface area contributed by atoms with Crippen molar-refractivity contribution in [2.75, 3.05) is 23.3 Å². The van der Waals surface area contributed by atoms with Crippen LogP contribution < -0.4 is 15.0 Å². The van der Waals surface area contributed by atoms with Gasteiger partial charge in [-0.3, -0.25) is 4.79 Å². The minimum Gasteiger partial charge on any atom is -0.423 e. The highest BCUT2D eigenvalue weighted by Crippen LogP contribution is 2.32. The van der Waals surface area contributed by atoms with Crippen molar-refractivity contribution in [3.63, 3.8) is 0 Å². The van der Waals surface area contributed by atoms with E-state index < -0.39 is 0 Å². The van der Waals surface area contributed by atoms with Crippen molar-refractivity contribution < 1.29 is 14.3 Å². The Kier molecular flexibility index (Phi) is 4.49. The highest BCUT2D eigenvalue weighted by molar-refractivity contribution is 5.97. The number of hydrogen-bond acceptors (Lipinski definition) is 4. The molecule has 0 saturated heterocycles. The molecule has 0 radical (unpaired) electrons. The Labute approximate surface area is 147 Å². The van der Waals surface area contributed by atoms with Crippen LogP contribution in [0.15, 0.2) is 30.3 Å². The van der Waals surface area contributed by atoms with Gasteiger partial charge in [-0.25, -0.2) is 4.79 Å². The maximum atomic E-state index is 12.6. The lowest BCUT2D eigenvalue weighted by molar-refractivity contribution is -0.133. The Morgan fingerprint density at radius 3 is 2.44 bits per heavy atom. The lowest BCUT2D eigenvalue weighted by atomic mass is 10.1. The summed E-state index contributed by atoms with van der Waals surface area (Å²) in [6.45, 7) is 8.12. The quantitative estimate of drug-likeness (QED) is 0.689. The third-order valence-corrected chi connectivity index (χ3v) is 4.27. The van der Waals surface area contributed by atoms with E-state index >= 15 is 0 Å². The van der Waals surface area contributed by atoms with Gasteiger partial charge in [-0.15, -0.1) is 0 Å². The normalized spacial score (nSPS) is 13.3. The lowest BCUT2D eigenvalue weighted by Crippen LogP contribution is -2.41. The van der Waals surface area contributed by atoms with Gasteiger partial charge in [-0.05, 0) is 56.5 Å². The largest absolute Gasteiger partial charge is 0.423 e. The lowest BCUT2D eigenvalue weighted by Gasteiger charge is -2.29. The van der Waals surface area contributed by atoms with E-state index in [1.807, 2.05) is 52.0 Å². The molecule has 1 N–H and O–H groups in total. The summed E-state index contributed by atoms with van der Waals surface area (Å²) in [7, 11) is 0. The summed E-state index contributed by atoms with van der Waals surface area (Å²) in [6.07, 6.45) is 0. The number of hydrogen-bond donors (Lipinski definition) is 1. The van der Waals surface area contributed by atoms with Crippen molar-refractivity contribution in [1.29, 1.82) is 0 Å². The smallest absolute Gasteiger partial charge is 0.331 e. The standard InChI is InChI=1S/C20H22N2O3/c1-12-5-6-17-16(9-12)22(11-19(24)25-17)10-18(23)21-20-14(3)7-13(2)8-15(20)4/h5-9H,10-11H2,1-4H3,(H,21,23). The first-order chi connectivity index (χ1) is 11.8. The van der Waals surface area contributed by atoms with Crippen molar-refractivity contribution in [3.8, 4) is 5.75 Å². The van der Waals surface area contributed by atoms with Crippen LogP contribution >= 0.6 is 0 Å². The molecule has 0 fully saturated rings. The highest BCUT2D eigenvalue weighted by atomic mass is 16.5. The average molecular weight is 338 g/mol. The average Bonchev–Trinajstić information content (AvgIpc) is 2.51. The topological polar surface area (TPSA) is 58.6 Å². The van der Waals surface area contributed by atoms with Gasteiger partial charge >= 0.3 is 5.97 Å². The number of carbonyl (C=O) groups is 2. The summed E-state index contributed by atoms with van der Waals surface area (Å²) >= 11 is 0. The maximum Gasteiger partial charge on any atom is 0.331 e. The summed E-state index contributed by atoms with van der Waals surface area (Å²) in [5.41, 5.74) is 5.87. The molecule has 2 aromatic rings. The minimum atomic E-state index is -0.355. The molecule has 5 nitrogen and oxygen atoms in total. The molecule has 5 heteroatoms. The SMILES string of the molecule is Cc1cc(C)c(NC(=O)CN2CC(=O)Oc3ccc(C)cc32)c(C)c1.